The minimum Gasteiger partial charge on any atom is -0.451 e. The zero-order valence-corrected chi connectivity index (χ0v) is 19.1. The summed E-state index contributed by atoms with van der Waals surface area (Å²) in [7, 11) is -3.16. The number of anilines is 1. The third kappa shape index (κ3) is 5.36. The Bertz CT molecular complexity index is 1020. The number of aryl methyl sites for hydroxylation is 2. The van der Waals surface area contributed by atoms with Crippen molar-refractivity contribution in [2.75, 3.05) is 23.0 Å². The van der Waals surface area contributed by atoms with E-state index in [0.717, 1.165) is 25.7 Å². The number of thiophene rings is 1. The van der Waals surface area contributed by atoms with Crippen LogP contribution in [0.4, 0.5) is 5.69 Å². The van der Waals surface area contributed by atoms with Gasteiger partial charge in [-0.3, -0.25) is 4.79 Å². The van der Waals surface area contributed by atoms with Crippen LogP contribution < -0.4 is 4.90 Å². The highest BCUT2D eigenvalue weighted by atomic mass is 32.2. The van der Waals surface area contributed by atoms with Crippen LogP contribution in [-0.2, 0) is 32.2 Å². The fourth-order valence-electron chi connectivity index (χ4n) is 4.34. The van der Waals surface area contributed by atoms with E-state index in [1.165, 1.54) is 39.5 Å². The summed E-state index contributed by atoms with van der Waals surface area (Å²) in [6.45, 7) is -0.410. The van der Waals surface area contributed by atoms with Gasteiger partial charge in [0, 0.05) is 10.6 Å². The summed E-state index contributed by atoms with van der Waals surface area (Å²) < 4.78 is 29.3. The molecule has 1 amide bonds. The predicted octanol–water partition coefficient (Wildman–Crippen LogP) is 3.78. The Morgan fingerprint density at radius 2 is 1.81 bits per heavy atom. The molecule has 6 nitrogen and oxygen atoms in total. The fraction of sp³-hybridized carbons (Fsp3) is 0.478. The largest absolute Gasteiger partial charge is 0.451 e. The van der Waals surface area contributed by atoms with Crippen LogP contribution >= 0.6 is 11.3 Å². The van der Waals surface area contributed by atoms with Gasteiger partial charge in [0.1, 0.15) is 4.88 Å². The number of nitrogens with zero attached hydrogens (tertiary/aromatic N) is 1. The quantitative estimate of drug-likeness (QED) is 0.633. The lowest BCUT2D eigenvalue weighted by Gasteiger charge is -2.28. The number of amides is 1. The van der Waals surface area contributed by atoms with Gasteiger partial charge in [-0.1, -0.05) is 31.0 Å². The maximum absolute atomic E-state index is 13.0. The van der Waals surface area contributed by atoms with E-state index in [4.69, 9.17) is 4.74 Å². The Hall–Kier alpha value is -2.19. The van der Waals surface area contributed by atoms with Crippen molar-refractivity contribution in [3.8, 4) is 0 Å². The van der Waals surface area contributed by atoms with E-state index in [-0.39, 0.29) is 11.5 Å². The molecule has 1 aromatic carbocycles. The lowest BCUT2D eigenvalue weighted by Crippen LogP contribution is -2.43. The van der Waals surface area contributed by atoms with E-state index in [0.29, 0.717) is 17.0 Å². The van der Waals surface area contributed by atoms with Crippen LogP contribution in [0.3, 0.4) is 0 Å². The maximum Gasteiger partial charge on any atom is 0.348 e. The zero-order chi connectivity index (χ0) is 21.8. The number of hydrogen-bond acceptors (Lipinski definition) is 6. The molecule has 1 saturated heterocycles. The van der Waals surface area contributed by atoms with Gasteiger partial charge in [-0.25, -0.2) is 13.2 Å². The first-order chi connectivity index (χ1) is 14.9. The minimum absolute atomic E-state index is 0.0643. The number of benzene rings is 1. The molecule has 0 N–H and O–H groups in total. The van der Waals surface area contributed by atoms with Gasteiger partial charge in [-0.15, -0.1) is 11.3 Å². The topological polar surface area (TPSA) is 80.8 Å². The second-order valence-corrected chi connectivity index (χ2v) is 11.6. The second kappa shape index (κ2) is 9.53. The number of fused-ring (bicyclic) bond motifs is 1. The molecule has 0 radical (unpaired) electrons. The molecule has 1 aromatic heterocycles. The van der Waals surface area contributed by atoms with Crippen molar-refractivity contribution >= 4 is 38.7 Å². The number of esters is 1. The monoisotopic (exact) mass is 461 g/mol. The smallest absolute Gasteiger partial charge is 0.348 e. The van der Waals surface area contributed by atoms with Crippen LogP contribution in [0.15, 0.2) is 36.4 Å². The Labute approximate surface area is 187 Å². The minimum atomic E-state index is -3.16. The number of carbonyl (C=O) groups is 2. The van der Waals surface area contributed by atoms with Crippen molar-refractivity contribution < 1.29 is 22.7 Å². The van der Waals surface area contributed by atoms with Gasteiger partial charge in [-0.2, -0.15) is 0 Å². The highest BCUT2D eigenvalue weighted by molar-refractivity contribution is 7.91. The van der Waals surface area contributed by atoms with Crippen molar-refractivity contribution in [1.29, 1.82) is 0 Å². The summed E-state index contributed by atoms with van der Waals surface area (Å²) in [6.07, 6.45) is 7.06. The molecule has 8 heteroatoms. The molecule has 1 aliphatic heterocycles. The highest BCUT2D eigenvalue weighted by Crippen LogP contribution is 2.29. The van der Waals surface area contributed by atoms with E-state index in [1.54, 1.807) is 24.3 Å². The highest BCUT2D eigenvalue weighted by Gasteiger charge is 2.36. The number of para-hydroxylation sites is 1. The van der Waals surface area contributed by atoms with Crippen LogP contribution in [0.2, 0.25) is 0 Å². The predicted molar refractivity (Wildman–Crippen MR) is 121 cm³/mol. The van der Waals surface area contributed by atoms with Gasteiger partial charge in [-0.05, 0) is 55.9 Å². The Balaban J connectivity index is 1.45. The third-order valence-corrected chi connectivity index (χ3v) is 8.87. The average Bonchev–Trinajstić information content (AvgIpc) is 3.29. The summed E-state index contributed by atoms with van der Waals surface area (Å²) >= 11 is 1.47. The molecule has 166 valence electrons. The lowest BCUT2D eigenvalue weighted by atomic mass is 10.00. The summed E-state index contributed by atoms with van der Waals surface area (Å²) in [5, 5.41) is 0. The molecule has 2 aliphatic rings. The van der Waals surface area contributed by atoms with Crippen molar-refractivity contribution in [1.82, 2.24) is 0 Å². The summed E-state index contributed by atoms with van der Waals surface area (Å²) in [5.41, 5.74) is 1.84. The van der Waals surface area contributed by atoms with Gasteiger partial charge >= 0.3 is 5.97 Å². The number of carbonyl (C=O) groups excluding carboxylic acids is 2. The molecule has 31 heavy (non-hydrogen) atoms. The van der Waals surface area contributed by atoms with Gasteiger partial charge in [0.25, 0.3) is 5.91 Å². The van der Waals surface area contributed by atoms with E-state index in [9.17, 15) is 18.0 Å². The van der Waals surface area contributed by atoms with Crippen molar-refractivity contribution in [2.24, 2.45) is 0 Å². The lowest BCUT2D eigenvalue weighted by molar-refractivity contribution is -0.122. The first-order valence-corrected chi connectivity index (χ1v) is 13.4. The van der Waals surface area contributed by atoms with E-state index >= 15 is 0 Å². The third-order valence-electron chi connectivity index (χ3n) is 5.90. The maximum atomic E-state index is 13.0. The molecule has 1 aliphatic carbocycles. The van der Waals surface area contributed by atoms with Crippen LogP contribution in [0.1, 0.15) is 52.2 Å². The van der Waals surface area contributed by atoms with E-state index in [2.05, 4.69) is 0 Å². The van der Waals surface area contributed by atoms with Crippen molar-refractivity contribution in [3.63, 3.8) is 0 Å². The first-order valence-electron chi connectivity index (χ1n) is 10.8. The van der Waals surface area contributed by atoms with Gasteiger partial charge in [0.05, 0.1) is 17.5 Å². The molecule has 0 saturated carbocycles. The molecular formula is C23H27NO5S2. The standard InChI is InChI=1S/C23H27NO5S2/c25-22(24(18-9-5-3-6-10-18)19-12-13-31(27,28)16-19)15-29-23(26)21-14-17-8-4-1-2-7-11-20(17)30-21/h3,5-6,9-10,14,19H,1-2,4,7-8,11-13,15-16H2. The van der Waals surface area contributed by atoms with Gasteiger partial charge < -0.3 is 9.64 Å². The molecule has 4 rings (SSSR count). The Morgan fingerprint density at radius 1 is 1.06 bits per heavy atom. The van der Waals surface area contributed by atoms with Crippen LogP contribution in [-0.4, -0.2) is 44.4 Å². The van der Waals surface area contributed by atoms with Gasteiger partial charge in [0.15, 0.2) is 16.4 Å². The first kappa shape index (κ1) is 22.0. The normalized spacial score (nSPS) is 20.3. The molecule has 1 unspecified atom stereocenters. The number of sulfone groups is 1. The number of hydrogen-bond donors (Lipinski definition) is 0. The summed E-state index contributed by atoms with van der Waals surface area (Å²) in [5.74, 6) is -0.901. The second-order valence-electron chi connectivity index (χ2n) is 8.21. The number of rotatable bonds is 5. The Morgan fingerprint density at radius 3 is 2.52 bits per heavy atom. The van der Waals surface area contributed by atoms with Crippen molar-refractivity contribution in [3.05, 3.63) is 51.7 Å². The van der Waals surface area contributed by atoms with E-state index in [1.807, 2.05) is 12.1 Å². The van der Waals surface area contributed by atoms with Crippen LogP contribution in [0.5, 0.6) is 0 Å². The summed E-state index contributed by atoms with van der Waals surface area (Å²) in [4.78, 5) is 28.9. The number of ether oxygens (including phenoxy) is 1. The molecule has 0 bridgehead atoms. The fourth-order valence-corrected chi connectivity index (χ4v) is 7.19. The van der Waals surface area contributed by atoms with Crippen LogP contribution in [0.25, 0.3) is 0 Å². The molecule has 1 atom stereocenters. The molecule has 2 aromatic rings. The van der Waals surface area contributed by atoms with Crippen LogP contribution in [0, 0.1) is 0 Å². The molecule has 1 fully saturated rings. The molecule has 2 heterocycles. The zero-order valence-electron chi connectivity index (χ0n) is 17.4. The van der Waals surface area contributed by atoms with Crippen molar-refractivity contribution in [2.45, 2.75) is 51.0 Å². The van der Waals surface area contributed by atoms with E-state index < -0.39 is 34.4 Å². The SMILES string of the molecule is O=C(OCC(=O)N(c1ccccc1)C1CCS(=O)(=O)C1)c1cc2c(s1)CCCCCC2. The summed E-state index contributed by atoms with van der Waals surface area (Å²) in [6, 6.07) is 10.4. The molecular weight excluding hydrogens is 434 g/mol. The Kier molecular flexibility index (Phi) is 6.77. The van der Waals surface area contributed by atoms with Gasteiger partial charge in [0.2, 0.25) is 0 Å². The average molecular weight is 462 g/mol. The molecule has 0 spiro atoms.